The van der Waals surface area contributed by atoms with Gasteiger partial charge in [-0.15, -0.1) is 10.3 Å². The Balaban J connectivity index is 0.00000105. The predicted molar refractivity (Wildman–Crippen MR) is 101 cm³/mol. The number of aliphatic carboxylic acids is 2. The molecule has 1 heterocycles. The van der Waals surface area contributed by atoms with Gasteiger partial charge in [0.15, 0.2) is 0 Å². The zero-order valence-corrected chi connectivity index (χ0v) is 17.4. The maximum Gasteiger partial charge on any atom is 0.330 e. The number of carboxylic acid groups (broad SMARTS) is 2. The molecule has 163 valence electrons. The van der Waals surface area contributed by atoms with Crippen molar-refractivity contribution in [3.05, 3.63) is 12.2 Å². The fourth-order valence-electron chi connectivity index (χ4n) is 3.68. The largest absolute Gasteiger partial charge is 0.481 e. The number of aliphatic hydroxyl groups excluding tert-OH is 3. The highest BCUT2D eigenvalue weighted by Crippen LogP contribution is 2.55. The average Bonchev–Trinajstić information content (AvgIpc) is 2.74. The van der Waals surface area contributed by atoms with Crippen LogP contribution in [-0.2, 0) is 14.8 Å². The minimum absolute atomic E-state index is 0.0964. The van der Waals surface area contributed by atoms with E-state index >= 15 is 0 Å². The van der Waals surface area contributed by atoms with Gasteiger partial charge in [0.25, 0.3) is 0 Å². The van der Waals surface area contributed by atoms with Gasteiger partial charge >= 0.3 is 11.9 Å². The molecule has 9 heteroatoms. The van der Waals surface area contributed by atoms with Crippen molar-refractivity contribution in [3.63, 3.8) is 0 Å². The molecule has 1 saturated heterocycles. The Labute approximate surface area is 165 Å². The molecule has 1 rings (SSSR count). The SMILES string of the molecule is C=C(C)C(=O)O.CC1(C)CC(CCC(CO)(CO)CO)(C(=O)O)C(C)(C)N1[O]. The third-order valence-electron chi connectivity index (χ3n) is 5.83. The third-order valence-corrected chi connectivity index (χ3v) is 5.83. The molecule has 0 aromatic carbocycles. The number of aliphatic hydroxyl groups is 3. The van der Waals surface area contributed by atoms with E-state index in [-0.39, 0.29) is 24.8 Å². The molecule has 0 spiro atoms. The topological polar surface area (TPSA) is 158 Å². The highest BCUT2D eigenvalue weighted by molar-refractivity contribution is 5.84. The van der Waals surface area contributed by atoms with E-state index in [1.54, 1.807) is 27.7 Å². The Kier molecular flexibility index (Phi) is 8.81. The zero-order chi connectivity index (χ0) is 22.6. The second-order valence-corrected chi connectivity index (χ2v) is 8.79. The number of hydroxylamine groups is 2. The monoisotopic (exact) mass is 404 g/mol. The summed E-state index contributed by atoms with van der Waals surface area (Å²) in [6.07, 6.45) is 0.388. The summed E-state index contributed by atoms with van der Waals surface area (Å²) < 4.78 is 0. The van der Waals surface area contributed by atoms with E-state index < -0.39 is 53.7 Å². The van der Waals surface area contributed by atoms with Crippen LogP contribution in [0.15, 0.2) is 12.2 Å². The van der Waals surface area contributed by atoms with E-state index in [9.17, 15) is 35.2 Å². The third kappa shape index (κ3) is 5.09. The van der Waals surface area contributed by atoms with Gasteiger partial charge < -0.3 is 25.5 Å². The summed E-state index contributed by atoms with van der Waals surface area (Å²) in [5.41, 5.74) is -4.21. The summed E-state index contributed by atoms with van der Waals surface area (Å²) in [4.78, 5) is 21.6. The lowest BCUT2D eigenvalue weighted by Crippen LogP contribution is -2.53. The Morgan fingerprint density at radius 2 is 1.43 bits per heavy atom. The van der Waals surface area contributed by atoms with Crippen LogP contribution in [0.5, 0.6) is 0 Å². The molecular weight excluding hydrogens is 370 g/mol. The van der Waals surface area contributed by atoms with Crippen LogP contribution in [0, 0.1) is 10.8 Å². The minimum Gasteiger partial charge on any atom is -0.481 e. The Bertz CT molecular complexity index is 562. The number of rotatable bonds is 8. The molecule has 0 aromatic heterocycles. The highest BCUT2D eigenvalue weighted by atomic mass is 16.5. The summed E-state index contributed by atoms with van der Waals surface area (Å²) in [5.74, 6) is -2.00. The van der Waals surface area contributed by atoms with Gasteiger partial charge in [0, 0.05) is 16.5 Å². The Morgan fingerprint density at radius 1 is 1.04 bits per heavy atom. The van der Waals surface area contributed by atoms with Crippen LogP contribution in [0.2, 0.25) is 0 Å². The van der Waals surface area contributed by atoms with Crippen LogP contribution in [0.3, 0.4) is 0 Å². The van der Waals surface area contributed by atoms with Crippen LogP contribution >= 0.6 is 0 Å². The first-order chi connectivity index (χ1) is 12.6. The Hall–Kier alpha value is -1.52. The number of hydrogen-bond donors (Lipinski definition) is 5. The van der Waals surface area contributed by atoms with Crippen molar-refractivity contribution in [3.8, 4) is 0 Å². The molecular formula is C19H34NO8. The maximum absolute atomic E-state index is 12.5. The summed E-state index contributed by atoms with van der Waals surface area (Å²) in [7, 11) is 0. The van der Waals surface area contributed by atoms with E-state index in [0.29, 0.717) is 0 Å². The molecule has 5 N–H and O–H groups in total. The quantitative estimate of drug-likeness (QED) is 0.376. The molecule has 1 radical (unpaired) electrons. The van der Waals surface area contributed by atoms with Gasteiger partial charge in [0.1, 0.15) is 0 Å². The first-order valence-electron chi connectivity index (χ1n) is 9.01. The molecule has 0 aliphatic carbocycles. The standard InChI is InChI=1S/C15H28NO6.C4H6O2/c1-12(2)7-15(11(20)21,13(3,4)16(12)22)6-5-14(8-17,9-18)10-19;1-3(2)4(5)6/h17-19H,5-10H2,1-4H3,(H,20,21);1H2,2H3,(H,5,6). The van der Waals surface area contributed by atoms with Gasteiger partial charge in [-0.1, -0.05) is 6.58 Å². The van der Waals surface area contributed by atoms with Crippen LogP contribution in [-0.4, -0.2) is 73.4 Å². The molecule has 0 aromatic rings. The normalized spacial score (nSPS) is 23.6. The first-order valence-corrected chi connectivity index (χ1v) is 9.01. The van der Waals surface area contributed by atoms with Crippen LogP contribution < -0.4 is 0 Å². The molecule has 1 aliphatic heterocycles. The molecule has 1 aliphatic rings. The lowest BCUT2D eigenvalue weighted by atomic mass is 9.65. The number of carboxylic acids is 2. The lowest BCUT2D eigenvalue weighted by Gasteiger charge is -2.41. The lowest BCUT2D eigenvalue weighted by molar-refractivity contribution is -0.255. The Morgan fingerprint density at radius 3 is 1.64 bits per heavy atom. The fourth-order valence-corrected chi connectivity index (χ4v) is 3.68. The number of carbonyl (C=O) groups is 2. The van der Waals surface area contributed by atoms with E-state index in [1.807, 2.05) is 0 Å². The van der Waals surface area contributed by atoms with Crippen molar-refractivity contribution in [1.82, 2.24) is 5.06 Å². The van der Waals surface area contributed by atoms with Gasteiger partial charge in [0.2, 0.25) is 0 Å². The van der Waals surface area contributed by atoms with Gasteiger partial charge in [-0.2, -0.15) is 0 Å². The molecule has 1 unspecified atom stereocenters. The van der Waals surface area contributed by atoms with Crippen molar-refractivity contribution in [2.45, 2.75) is 65.0 Å². The van der Waals surface area contributed by atoms with Gasteiger partial charge in [-0.25, -0.2) is 4.79 Å². The van der Waals surface area contributed by atoms with Crippen molar-refractivity contribution >= 4 is 11.9 Å². The summed E-state index contributed by atoms with van der Waals surface area (Å²) in [6, 6.07) is 0. The molecule has 1 fully saturated rings. The van der Waals surface area contributed by atoms with Gasteiger partial charge in [0.05, 0.1) is 30.8 Å². The molecule has 28 heavy (non-hydrogen) atoms. The fraction of sp³-hybridized carbons (Fsp3) is 0.789. The van der Waals surface area contributed by atoms with E-state index in [2.05, 4.69) is 6.58 Å². The average molecular weight is 404 g/mol. The zero-order valence-electron chi connectivity index (χ0n) is 17.4. The van der Waals surface area contributed by atoms with Crippen LogP contribution in [0.1, 0.15) is 53.9 Å². The maximum atomic E-state index is 12.5. The van der Waals surface area contributed by atoms with Gasteiger partial charge in [-0.3, -0.25) is 4.79 Å². The minimum atomic E-state index is -1.30. The van der Waals surface area contributed by atoms with Crippen molar-refractivity contribution < 1.29 is 40.3 Å². The van der Waals surface area contributed by atoms with Crippen molar-refractivity contribution in [1.29, 1.82) is 0 Å². The van der Waals surface area contributed by atoms with E-state index in [0.717, 1.165) is 5.06 Å². The molecule has 1 atom stereocenters. The molecule has 0 amide bonds. The predicted octanol–water partition coefficient (Wildman–Crippen LogP) is 1.06. The van der Waals surface area contributed by atoms with Crippen LogP contribution in [0.4, 0.5) is 0 Å². The van der Waals surface area contributed by atoms with Gasteiger partial charge in [-0.05, 0) is 53.9 Å². The van der Waals surface area contributed by atoms with Crippen molar-refractivity contribution in [2.24, 2.45) is 10.8 Å². The molecule has 0 saturated carbocycles. The van der Waals surface area contributed by atoms with E-state index in [1.165, 1.54) is 6.92 Å². The summed E-state index contributed by atoms with van der Waals surface area (Å²) in [5, 5.41) is 59.3. The smallest absolute Gasteiger partial charge is 0.330 e. The number of nitrogens with zero attached hydrogens (tertiary/aromatic N) is 1. The van der Waals surface area contributed by atoms with E-state index in [4.69, 9.17) is 5.11 Å². The molecule has 0 bridgehead atoms. The first kappa shape index (κ1) is 26.5. The highest BCUT2D eigenvalue weighted by Gasteiger charge is 2.65. The molecule has 9 nitrogen and oxygen atoms in total. The van der Waals surface area contributed by atoms with Crippen LogP contribution in [0.25, 0.3) is 0 Å². The summed E-state index contributed by atoms with van der Waals surface area (Å²) in [6.45, 7) is 9.92. The summed E-state index contributed by atoms with van der Waals surface area (Å²) >= 11 is 0. The number of hydrogen-bond acceptors (Lipinski definition) is 6. The second kappa shape index (κ2) is 9.32. The second-order valence-electron chi connectivity index (χ2n) is 8.79. The van der Waals surface area contributed by atoms with Crippen molar-refractivity contribution in [2.75, 3.05) is 19.8 Å².